The fourth-order valence-corrected chi connectivity index (χ4v) is 12.8. The van der Waals surface area contributed by atoms with E-state index in [-0.39, 0.29) is 54.5 Å². The molecule has 442 valence electrons. The van der Waals surface area contributed by atoms with Crippen molar-refractivity contribution in [3.05, 3.63) is 150 Å². The van der Waals surface area contributed by atoms with E-state index in [0.717, 1.165) is 39.1 Å². The Balaban J connectivity index is 0.588. The first kappa shape index (κ1) is 63.0. The van der Waals surface area contributed by atoms with Crippen molar-refractivity contribution in [2.24, 2.45) is 0 Å². The normalized spacial score (nSPS) is 16.9. The molecular formula is C54H70Cl4N10O11S2. The standard InChI is InChI=1S/C54H70Cl4N10O11S2/c1-65-33-49(47-27-41(55)29-53(57)51(47)35-65)39-5-3-7-45(25-39)80(69,70)59-9-13-73-17-21-77-23-19-75-15-11-67-31-43(61-63-67)37-79-38-44-32-68(64-62-44)12-16-76-20-24-78-22-18-74-14-10-60-81(71,72)46-8-4-6-40(26-46)50-34-66(2)36-52-48(50)28-42(56)30-54(52)58/h3-8,25-32,49-50,59-61,63H,9-24,33-38H2,1-2H3. The lowest BCUT2D eigenvalue weighted by molar-refractivity contribution is 0.0116. The number of sulfonamides is 2. The van der Waals surface area contributed by atoms with Gasteiger partial charge >= 0.3 is 0 Å². The van der Waals surface area contributed by atoms with Crippen molar-refractivity contribution in [1.82, 2.24) is 50.2 Å². The molecule has 3 aliphatic heterocycles. The molecule has 21 nitrogen and oxygen atoms in total. The van der Waals surface area contributed by atoms with Gasteiger partial charge in [0.15, 0.2) is 0 Å². The fraction of sp³-hybridized carbons (Fsp3) is 0.481. The number of ether oxygens (including phenoxy) is 7. The minimum Gasteiger partial charge on any atom is -0.378 e. The Hall–Kier alpha value is -4.06. The third-order valence-corrected chi connectivity index (χ3v) is 17.4. The topological polar surface area (TPSA) is 221 Å². The maximum absolute atomic E-state index is 13.2. The maximum atomic E-state index is 13.2. The van der Waals surface area contributed by atoms with Crippen LogP contribution in [0.15, 0.2) is 101 Å². The van der Waals surface area contributed by atoms with Crippen LogP contribution in [0.4, 0.5) is 0 Å². The smallest absolute Gasteiger partial charge is 0.240 e. The average molecular weight is 1240 g/mol. The first-order valence-corrected chi connectivity index (χ1v) is 31.0. The van der Waals surface area contributed by atoms with Crippen LogP contribution in [0.1, 0.15) is 50.9 Å². The molecule has 0 saturated carbocycles. The summed E-state index contributed by atoms with van der Waals surface area (Å²) in [6, 6.07) is 21.3. The predicted octanol–water partition coefficient (Wildman–Crippen LogP) is 5.79. The van der Waals surface area contributed by atoms with Crippen LogP contribution in [-0.4, -0.2) is 179 Å². The van der Waals surface area contributed by atoms with Crippen LogP contribution in [0, 0.1) is 0 Å². The van der Waals surface area contributed by atoms with E-state index in [1.54, 1.807) is 53.2 Å². The summed E-state index contributed by atoms with van der Waals surface area (Å²) in [6.07, 6.45) is 3.72. The Labute approximate surface area is 494 Å². The first-order chi connectivity index (χ1) is 39.1. The number of nitrogens with one attached hydrogen (secondary N) is 4. The Morgan fingerprint density at radius 3 is 1.56 bits per heavy atom. The van der Waals surface area contributed by atoms with Gasteiger partial charge in [0.2, 0.25) is 20.0 Å². The van der Waals surface area contributed by atoms with Gasteiger partial charge in [0.1, 0.15) is 5.69 Å². The number of hydrogen-bond acceptors (Lipinski definition) is 18. The van der Waals surface area contributed by atoms with Crippen LogP contribution in [0.2, 0.25) is 20.1 Å². The fourth-order valence-electron chi connectivity index (χ4n) is 9.50. The van der Waals surface area contributed by atoms with Crippen molar-refractivity contribution >= 4 is 66.5 Å². The predicted molar refractivity (Wildman–Crippen MR) is 308 cm³/mol. The molecule has 1 aromatic heterocycles. The highest BCUT2D eigenvalue weighted by Crippen LogP contribution is 2.40. The van der Waals surface area contributed by atoms with Crippen LogP contribution in [0.3, 0.4) is 0 Å². The molecule has 27 heteroatoms. The second kappa shape index (κ2) is 31.2. The van der Waals surface area contributed by atoms with E-state index in [2.05, 4.69) is 40.5 Å². The molecule has 0 bridgehead atoms. The zero-order chi connectivity index (χ0) is 57.2. The van der Waals surface area contributed by atoms with Gasteiger partial charge in [-0.1, -0.05) is 75.9 Å². The van der Waals surface area contributed by atoms with Crippen LogP contribution >= 0.6 is 46.4 Å². The van der Waals surface area contributed by atoms with Gasteiger partial charge in [-0.05, 0) is 96.0 Å². The molecule has 5 aromatic rings. The monoisotopic (exact) mass is 1240 g/mol. The maximum Gasteiger partial charge on any atom is 0.240 e. The molecule has 0 amide bonds. The summed E-state index contributed by atoms with van der Waals surface area (Å²) in [6.45, 7) is 8.83. The minimum absolute atomic E-state index is 0.0800. The van der Waals surface area contributed by atoms with E-state index in [1.807, 2.05) is 55.8 Å². The van der Waals surface area contributed by atoms with Crippen molar-refractivity contribution in [2.75, 3.05) is 133 Å². The summed E-state index contributed by atoms with van der Waals surface area (Å²) in [5, 5.41) is 12.5. The van der Waals surface area contributed by atoms with Gasteiger partial charge in [0.05, 0.1) is 127 Å². The molecule has 3 aliphatic rings. The molecule has 0 radical (unpaired) electrons. The molecule has 4 aromatic carbocycles. The number of halogens is 4. The summed E-state index contributed by atoms with van der Waals surface area (Å²) in [7, 11) is -3.52. The number of likely N-dealkylation sites (N-methyl/N-ethyl adjacent to an activating group) is 2. The number of hydrazine groups is 2. The summed E-state index contributed by atoms with van der Waals surface area (Å²) in [5.41, 5.74) is 13.4. The third kappa shape index (κ3) is 19.0. The van der Waals surface area contributed by atoms with E-state index in [0.29, 0.717) is 138 Å². The van der Waals surface area contributed by atoms with Crippen LogP contribution in [0.25, 0.3) is 0 Å². The number of rotatable bonds is 34. The Morgan fingerprint density at radius 1 is 0.580 bits per heavy atom. The zero-order valence-electron chi connectivity index (χ0n) is 45.3. The largest absolute Gasteiger partial charge is 0.378 e. The van der Waals surface area contributed by atoms with Crippen molar-refractivity contribution in [3.63, 3.8) is 0 Å². The molecule has 0 aliphatic carbocycles. The molecule has 0 saturated heterocycles. The van der Waals surface area contributed by atoms with Crippen molar-refractivity contribution in [1.29, 1.82) is 0 Å². The second-order valence-electron chi connectivity index (χ2n) is 19.6. The Morgan fingerprint density at radius 2 is 1.05 bits per heavy atom. The molecular weight excluding hydrogens is 1170 g/mol. The van der Waals surface area contributed by atoms with Crippen molar-refractivity contribution in [3.8, 4) is 0 Å². The lowest BCUT2D eigenvalue weighted by Crippen LogP contribution is -2.38. The molecule has 0 spiro atoms. The number of benzene rings is 4. The molecule has 4 N–H and O–H groups in total. The summed E-state index contributed by atoms with van der Waals surface area (Å²) in [4.78, 5) is 4.68. The van der Waals surface area contributed by atoms with Gasteiger partial charge in [-0.15, -0.1) is 10.6 Å². The van der Waals surface area contributed by atoms with Gasteiger partial charge in [0.25, 0.3) is 0 Å². The third-order valence-electron chi connectivity index (χ3n) is 13.4. The second-order valence-corrected chi connectivity index (χ2v) is 24.8. The van der Waals surface area contributed by atoms with Crippen molar-refractivity contribution < 1.29 is 50.0 Å². The minimum atomic E-state index is -3.77. The van der Waals surface area contributed by atoms with Gasteiger partial charge in [0, 0.05) is 77.4 Å². The zero-order valence-corrected chi connectivity index (χ0v) is 50.0. The lowest BCUT2D eigenvalue weighted by atomic mass is 9.85. The van der Waals surface area contributed by atoms with E-state index >= 15 is 0 Å². The molecule has 0 fully saturated rings. The Kier molecular flexibility index (Phi) is 24.2. The molecule has 4 heterocycles. The van der Waals surface area contributed by atoms with Crippen LogP contribution in [-0.2, 0) is 79.4 Å². The van der Waals surface area contributed by atoms with Gasteiger partial charge in [-0.25, -0.2) is 31.0 Å². The lowest BCUT2D eigenvalue weighted by Gasteiger charge is -2.33. The number of fused-ring (bicyclic) bond motifs is 2. The van der Waals surface area contributed by atoms with E-state index in [4.69, 9.17) is 79.6 Å². The van der Waals surface area contributed by atoms with E-state index in [9.17, 15) is 16.8 Å². The van der Waals surface area contributed by atoms with Gasteiger partial charge in [-0.2, -0.15) is 0 Å². The number of nitrogens with zero attached hydrogens (tertiary/aromatic N) is 6. The molecule has 2 atom stereocenters. The SMILES string of the molecule is CN1Cc2c(Cl)cc(Cl)cc2C(c2cccc(S(=O)(=O)NCCOCCOCCOCCN3C=C(COCc4cn(CCOCCOCCOCCNS(=O)(=O)c5cccc(C6CN(C)Cc7c(Cl)cc(Cl)cc76)c5)nn4)NN3)c2)C1. The number of hydrogen-bond donors (Lipinski definition) is 4. The first-order valence-electron chi connectivity index (χ1n) is 26.6. The highest BCUT2D eigenvalue weighted by atomic mass is 35.5. The molecule has 8 rings (SSSR count). The summed E-state index contributed by atoms with van der Waals surface area (Å²) in [5.74, 6) is -0.161. The van der Waals surface area contributed by atoms with E-state index in [1.165, 1.54) is 0 Å². The van der Waals surface area contributed by atoms with Crippen LogP contribution in [0.5, 0.6) is 0 Å². The number of aromatic nitrogens is 3. The molecule has 2 unspecified atom stereocenters. The quantitative estimate of drug-likeness (QED) is 0.0358. The highest BCUT2D eigenvalue weighted by Gasteiger charge is 2.30. The highest BCUT2D eigenvalue weighted by molar-refractivity contribution is 7.89. The van der Waals surface area contributed by atoms with Crippen LogP contribution < -0.4 is 20.4 Å². The van der Waals surface area contributed by atoms with Crippen molar-refractivity contribution in [2.45, 2.75) is 47.9 Å². The summed E-state index contributed by atoms with van der Waals surface area (Å²) < 4.78 is 99.3. The van der Waals surface area contributed by atoms with Gasteiger partial charge < -0.3 is 48.4 Å². The Bertz CT molecular complexity index is 3110. The van der Waals surface area contributed by atoms with Gasteiger partial charge in [-0.3, -0.25) is 5.01 Å². The van der Waals surface area contributed by atoms with E-state index < -0.39 is 20.0 Å². The average Bonchev–Trinajstić information content (AvgIpc) is 4.11. The molecule has 81 heavy (non-hydrogen) atoms. The summed E-state index contributed by atoms with van der Waals surface area (Å²) >= 11 is 25.8.